The van der Waals surface area contributed by atoms with Crippen LogP contribution in [0.4, 0.5) is 0 Å². The Morgan fingerprint density at radius 2 is 1.78 bits per heavy atom. The van der Waals surface area contributed by atoms with Gasteiger partial charge >= 0.3 is 5.97 Å². The van der Waals surface area contributed by atoms with E-state index in [1.165, 1.54) is 12.7 Å². The van der Waals surface area contributed by atoms with E-state index in [-0.39, 0.29) is 18.4 Å². The molecular weight excluding hydrogens is 340 g/mol. The number of benzene rings is 2. The van der Waals surface area contributed by atoms with E-state index < -0.39 is 6.04 Å². The van der Waals surface area contributed by atoms with Crippen molar-refractivity contribution in [3.63, 3.8) is 0 Å². The first-order chi connectivity index (χ1) is 13.2. The SMILES string of the molecule is COC(=O)[C@@H]1Cc2ccccc2CN1CC(=O)NCCCc1ccccc1. The predicted octanol–water partition coefficient (Wildman–Crippen LogP) is 2.34. The van der Waals surface area contributed by atoms with Crippen LogP contribution in [-0.4, -0.2) is 43.0 Å². The van der Waals surface area contributed by atoms with Gasteiger partial charge in [-0.05, 0) is 36.0 Å². The second-order valence-corrected chi connectivity index (χ2v) is 6.86. The van der Waals surface area contributed by atoms with Crippen LogP contribution < -0.4 is 5.32 Å². The largest absolute Gasteiger partial charge is 0.468 e. The summed E-state index contributed by atoms with van der Waals surface area (Å²) in [5.74, 6) is -0.349. The van der Waals surface area contributed by atoms with E-state index >= 15 is 0 Å². The van der Waals surface area contributed by atoms with E-state index in [4.69, 9.17) is 4.74 Å². The lowest BCUT2D eigenvalue weighted by molar-refractivity contribution is -0.148. The summed E-state index contributed by atoms with van der Waals surface area (Å²) in [6, 6.07) is 17.9. The fourth-order valence-electron chi connectivity index (χ4n) is 3.52. The molecule has 0 aliphatic carbocycles. The Labute approximate surface area is 160 Å². The lowest BCUT2D eigenvalue weighted by Gasteiger charge is -2.34. The topological polar surface area (TPSA) is 58.6 Å². The van der Waals surface area contributed by atoms with Crippen LogP contribution in [0.3, 0.4) is 0 Å². The summed E-state index contributed by atoms with van der Waals surface area (Å²) >= 11 is 0. The van der Waals surface area contributed by atoms with Gasteiger partial charge in [-0.2, -0.15) is 0 Å². The van der Waals surface area contributed by atoms with E-state index in [0.29, 0.717) is 19.5 Å². The van der Waals surface area contributed by atoms with Crippen molar-refractivity contribution in [3.8, 4) is 0 Å². The van der Waals surface area contributed by atoms with Crippen molar-refractivity contribution in [3.05, 3.63) is 71.3 Å². The number of ether oxygens (including phenoxy) is 1. The first-order valence-electron chi connectivity index (χ1n) is 9.36. The molecule has 0 fully saturated rings. The maximum absolute atomic E-state index is 12.4. The van der Waals surface area contributed by atoms with Gasteiger partial charge in [0.25, 0.3) is 0 Å². The normalized spacial score (nSPS) is 16.4. The van der Waals surface area contributed by atoms with E-state index in [2.05, 4.69) is 17.4 Å². The summed E-state index contributed by atoms with van der Waals surface area (Å²) in [6.07, 6.45) is 2.39. The molecule has 1 N–H and O–H groups in total. The van der Waals surface area contributed by atoms with Gasteiger partial charge in [0.2, 0.25) is 5.91 Å². The van der Waals surface area contributed by atoms with Crippen molar-refractivity contribution < 1.29 is 14.3 Å². The molecule has 0 saturated heterocycles. The van der Waals surface area contributed by atoms with E-state index in [0.717, 1.165) is 24.0 Å². The molecular formula is C22H26N2O3. The summed E-state index contributed by atoms with van der Waals surface area (Å²) in [5, 5.41) is 2.97. The van der Waals surface area contributed by atoms with Crippen LogP contribution in [-0.2, 0) is 33.7 Å². The fourth-order valence-corrected chi connectivity index (χ4v) is 3.52. The van der Waals surface area contributed by atoms with Crippen molar-refractivity contribution in [1.82, 2.24) is 10.2 Å². The van der Waals surface area contributed by atoms with Gasteiger partial charge < -0.3 is 10.1 Å². The molecule has 0 aromatic heterocycles. The fraction of sp³-hybridized carbons (Fsp3) is 0.364. The van der Waals surface area contributed by atoms with Gasteiger partial charge in [-0.3, -0.25) is 14.5 Å². The molecule has 3 rings (SSSR count). The molecule has 1 atom stereocenters. The second kappa shape index (κ2) is 9.33. The Morgan fingerprint density at radius 3 is 2.52 bits per heavy atom. The van der Waals surface area contributed by atoms with Crippen LogP contribution in [0, 0.1) is 0 Å². The summed E-state index contributed by atoms with van der Waals surface area (Å²) in [7, 11) is 1.39. The van der Waals surface area contributed by atoms with Crippen molar-refractivity contribution in [1.29, 1.82) is 0 Å². The van der Waals surface area contributed by atoms with Gasteiger partial charge in [0, 0.05) is 13.1 Å². The Bertz CT molecular complexity index is 776. The van der Waals surface area contributed by atoms with Crippen LogP contribution >= 0.6 is 0 Å². The molecule has 0 bridgehead atoms. The average Bonchev–Trinajstić information content (AvgIpc) is 2.71. The van der Waals surface area contributed by atoms with Crippen molar-refractivity contribution in [2.75, 3.05) is 20.2 Å². The summed E-state index contributed by atoms with van der Waals surface area (Å²) in [6.45, 7) is 1.40. The number of aryl methyl sites for hydroxylation is 1. The summed E-state index contributed by atoms with van der Waals surface area (Å²) < 4.78 is 4.95. The molecule has 0 radical (unpaired) electrons. The van der Waals surface area contributed by atoms with Gasteiger partial charge in [-0.25, -0.2) is 0 Å². The third-order valence-corrected chi connectivity index (χ3v) is 4.97. The van der Waals surface area contributed by atoms with Crippen LogP contribution in [0.2, 0.25) is 0 Å². The minimum Gasteiger partial charge on any atom is -0.468 e. The van der Waals surface area contributed by atoms with Crippen LogP contribution in [0.5, 0.6) is 0 Å². The van der Waals surface area contributed by atoms with Crippen LogP contribution in [0.1, 0.15) is 23.1 Å². The molecule has 27 heavy (non-hydrogen) atoms. The van der Waals surface area contributed by atoms with Gasteiger partial charge in [-0.1, -0.05) is 54.6 Å². The Balaban J connectivity index is 1.52. The van der Waals surface area contributed by atoms with Crippen molar-refractivity contribution in [2.45, 2.75) is 31.8 Å². The highest BCUT2D eigenvalue weighted by Crippen LogP contribution is 2.23. The van der Waals surface area contributed by atoms with E-state index in [9.17, 15) is 9.59 Å². The highest BCUT2D eigenvalue weighted by atomic mass is 16.5. The molecule has 142 valence electrons. The third-order valence-electron chi connectivity index (χ3n) is 4.97. The molecule has 2 aromatic carbocycles. The molecule has 5 heteroatoms. The van der Waals surface area contributed by atoms with Crippen molar-refractivity contribution >= 4 is 11.9 Å². The zero-order valence-corrected chi connectivity index (χ0v) is 15.7. The summed E-state index contributed by atoms with van der Waals surface area (Å²) in [4.78, 5) is 26.5. The Morgan fingerprint density at radius 1 is 1.07 bits per heavy atom. The van der Waals surface area contributed by atoms with E-state index in [1.54, 1.807) is 0 Å². The number of hydrogen-bond donors (Lipinski definition) is 1. The van der Waals surface area contributed by atoms with Crippen molar-refractivity contribution in [2.24, 2.45) is 0 Å². The third kappa shape index (κ3) is 5.17. The monoisotopic (exact) mass is 366 g/mol. The lowest BCUT2D eigenvalue weighted by atomic mass is 9.94. The number of hydrogen-bond acceptors (Lipinski definition) is 4. The number of methoxy groups -OCH3 is 1. The number of carbonyl (C=O) groups excluding carboxylic acids is 2. The highest BCUT2D eigenvalue weighted by Gasteiger charge is 2.33. The Hall–Kier alpha value is -2.66. The maximum Gasteiger partial charge on any atom is 0.323 e. The molecule has 0 unspecified atom stereocenters. The first kappa shape index (κ1) is 19.1. The molecule has 5 nitrogen and oxygen atoms in total. The smallest absolute Gasteiger partial charge is 0.323 e. The molecule has 0 saturated carbocycles. The van der Waals surface area contributed by atoms with Gasteiger partial charge in [0.1, 0.15) is 6.04 Å². The molecule has 1 aliphatic rings. The number of carbonyl (C=O) groups is 2. The highest BCUT2D eigenvalue weighted by molar-refractivity contribution is 5.81. The quantitative estimate of drug-likeness (QED) is 0.604. The molecule has 1 amide bonds. The number of amides is 1. The summed E-state index contributed by atoms with van der Waals surface area (Å²) in [5.41, 5.74) is 3.58. The lowest BCUT2D eigenvalue weighted by Crippen LogP contribution is -2.50. The zero-order chi connectivity index (χ0) is 19.1. The molecule has 1 aliphatic heterocycles. The number of esters is 1. The minimum atomic E-state index is -0.417. The zero-order valence-electron chi connectivity index (χ0n) is 15.7. The molecule has 0 spiro atoms. The first-order valence-corrected chi connectivity index (χ1v) is 9.36. The maximum atomic E-state index is 12.4. The predicted molar refractivity (Wildman–Crippen MR) is 104 cm³/mol. The van der Waals surface area contributed by atoms with Gasteiger partial charge in [0.15, 0.2) is 0 Å². The minimum absolute atomic E-state index is 0.0589. The second-order valence-electron chi connectivity index (χ2n) is 6.86. The van der Waals surface area contributed by atoms with Crippen LogP contribution in [0.15, 0.2) is 54.6 Å². The molecule has 2 aromatic rings. The van der Waals surface area contributed by atoms with Crippen LogP contribution in [0.25, 0.3) is 0 Å². The molecule has 1 heterocycles. The standard InChI is InChI=1S/C22H26N2O3/c1-27-22(26)20-14-18-11-5-6-12-19(18)15-24(20)16-21(25)23-13-7-10-17-8-3-2-4-9-17/h2-6,8-9,11-12,20H,7,10,13-16H2,1H3,(H,23,25)/t20-/m0/s1. The van der Waals surface area contributed by atoms with E-state index in [1.807, 2.05) is 47.4 Å². The number of nitrogens with zero attached hydrogens (tertiary/aromatic N) is 1. The number of rotatable bonds is 7. The van der Waals surface area contributed by atoms with Gasteiger partial charge in [0.05, 0.1) is 13.7 Å². The van der Waals surface area contributed by atoms with Gasteiger partial charge in [-0.15, -0.1) is 0 Å². The number of nitrogens with one attached hydrogen (secondary N) is 1. The Kier molecular flexibility index (Phi) is 6.60. The average molecular weight is 366 g/mol. The number of fused-ring (bicyclic) bond motifs is 1.